The first-order valence-corrected chi connectivity index (χ1v) is 6.71. The number of hydrogen-bond donors (Lipinski definition) is 3. The molecule has 0 saturated heterocycles. The zero-order valence-corrected chi connectivity index (χ0v) is 12.4. The lowest BCUT2D eigenvalue weighted by Gasteiger charge is -2.10. The average Bonchev–Trinajstić information content (AvgIpc) is 2.33. The molecule has 5 heteroatoms. The predicted molar refractivity (Wildman–Crippen MR) is 85.0 cm³/mol. The number of carboxylic acids is 1. The number of halogens is 1. The van der Waals surface area contributed by atoms with Crippen molar-refractivity contribution in [3.8, 4) is 0 Å². The largest absolute Gasteiger partial charge is 0.478 e. The van der Waals surface area contributed by atoms with E-state index < -0.39 is 5.97 Å². The van der Waals surface area contributed by atoms with E-state index in [2.05, 4.69) is 27.9 Å². The highest BCUT2D eigenvalue weighted by molar-refractivity contribution is 14.1. The molecule has 0 radical (unpaired) electrons. The second-order valence-electron chi connectivity index (χ2n) is 4.20. The van der Waals surface area contributed by atoms with E-state index in [1.54, 1.807) is 12.1 Å². The number of carboxylic acid groups (broad SMARTS) is 1. The van der Waals surface area contributed by atoms with Crippen LogP contribution in [0.25, 0.3) is 0 Å². The molecule has 0 aromatic heterocycles. The molecule has 0 aliphatic rings. The van der Waals surface area contributed by atoms with E-state index in [-0.39, 0.29) is 11.3 Å². The molecule has 19 heavy (non-hydrogen) atoms. The number of nitrogens with one attached hydrogen (secondary N) is 1. The van der Waals surface area contributed by atoms with Crippen molar-refractivity contribution in [3.63, 3.8) is 0 Å². The second-order valence-corrected chi connectivity index (χ2v) is 5.36. The molecular formula is C14H13IN2O2. The van der Waals surface area contributed by atoms with Crippen molar-refractivity contribution in [3.05, 3.63) is 51.1 Å². The van der Waals surface area contributed by atoms with Gasteiger partial charge in [0.1, 0.15) is 0 Å². The van der Waals surface area contributed by atoms with Crippen LogP contribution in [0.2, 0.25) is 0 Å². The number of aromatic carboxylic acids is 1. The van der Waals surface area contributed by atoms with E-state index >= 15 is 0 Å². The van der Waals surface area contributed by atoms with E-state index in [9.17, 15) is 4.79 Å². The van der Waals surface area contributed by atoms with E-state index in [1.165, 1.54) is 11.6 Å². The summed E-state index contributed by atoms with van der Waals surface area (Å²) >= 11 is 2.27. The van der Waals surface area contributed by atoms with Crippen LogP contribution in [0.4, 0.5) is 17.1 Å². The van der Waals surface area contributed by atoms with Crippen molar-refractivity contribution in [2.75, 3.05) is 11.1 Å². The molecule has 2 aromatic rings. The normalized spacial score (nSPS) is 10.2. The Labute approximate surface area is 124 Å². The lowest BCUT2D eigenvalue weighted by atomic mass is 10.1. The van der Waals surface area contributed by atoms with Crippen LogP contribution in [0.5, 0.6) is 0 Å². The zero-order chi connectivity index (χ0) is 14.0. The molecule has 4 nitrogen and oxygen atoms in total. The molecule has 0 aliphatic heterocycles. The Morgan fingerprint density at radius 3 is 2.42 bits per heavy atom. The van der Waals surface area contributed by atoms with Gasteiger partial charge in [-0.25, -0.2) is 4.79 Å². The second kappa shape index (κ2) is 5.48. The lowest BCUT2D eigenvalue weighted by molar-refractivity contribution is 0.0698. The van der Waals surface area contributed by atoms with Gasteiger partial charge in [0, 0.05) is 20.6 Å². The maximum absolute atomic E-state index is 10.9. The van der Waals surface area contributed by atoms with E-state index in [0.717, 1.165) is 14.9 Å². The van der Waals surface area contributed by atoms with Gasteiger partial charge >= 0.3 is 5.97 Å². The van der Waals surface area contributed by atoms with Gasteiger partial charge in [0.25, 0.3) is 0 Å². The highest BCUT2D eigenvalue weighted by atomic mass is 127. The van der Waals surface area contributed by atoms with Gasteiger partial charge in [0.05, 0.1) is 5.56 Å². The fraction of sp³-hybridized carbons (Fsp3) is 0.0714. The topological polar surface area (TPSA) is 75.3 Å². The summed E-state index contributed by atoms with van der Waals surface area (Å²) in [6, 6.07) is 10.8. The third-order valence-corrected chi connectivity index (χ3v) is 3.90. The summed E-state index contributed by atoms with van der Waals surface area (Å²) in [7, 11) is 0. The number of nitrogen functional groups attached to an aromatic ring is 1. The van der Waals surface area contributed by atoms with Crippen LogP contribution in [0.3, 0.4) is 0 Å². The van der Waals surface area contributed by atoms with Gasteiger partial charge in [-0.3, -0.25) is 0 Å². The van der Waals surface area contributed by atoms with Crippen molar-refractivity contribution >= 4 is 45.6 Å². The van der Waals surface area contributed by atoms with Crippen molar-refractivity contribution in [2.24, 2.45) is 0 Å². The molecule has 0 heterocycles. The van der Waals surface area contributed by atoms with Crippen LogP contribution in [0.15, 0.2) is 36.4 Å². The molecular weight excluding hydrogens is 355 g/mol. The first-order valence-electron chi connectivity index (χ1n) is 5.63. The van der Waals surface area contributed by atoms with Gasteiger partial charge in [-0.05, 0) is 65.4 Å². The molecule has 0 fully saturated rings. The SMILES string of the molecule is Cc1ccc(Nc2ccc(C(=O)O)c(N)c2)cc1I. The van der Waals surface area contributed by atoms with Crippen LogP contribution in [0, 0.1) is 10.5 Å². The molecule has 0 atom stereocenters. The van der Waals surface area contributed by atoms with Gasteiger partial charge in [-0.1, -0.05) is 6.07 Å². The van der Waals surface area contributed by atoms with Gasteiger partial charge in [0.15, 0.2) is 0 Å². The van der Waals surface area contributed by atoms with Crippen molar-refractivity contribution in [1.82, 2.24) is 0 Å². The van der Waals surface area contributed by atoms with Gasteiger partial charge in [0.2, 0.25) is 0 Å². The summed E-state index contributed by atoms with van der Waals surface area (Å²) in [4.78, 5) is 10.9. The van der Waals surface area contributed by atoms with Crippen molar-refractivity contribution < 1.29 is 9.90 Å². The Hall–Kier alpha value is -1.76. The van der Waals surface area contributed by atoms with Crippen LogP contribution in [0.1, 0.15) is 15.9 Å². The minimum absolute atomic E-state index is 0.115. The molecule has 2 rings (SSSR count). The van der Waals surface area contributed by atoms with Crippen LogP contribution in [-0.2, 0) is 0 Å². The Kier molecular flexibility index (Phi) is 3.94. The van der Waals surface area contributed by atoms with Crippen molar-refractivity contribution in [1.29, 1.82) is 0 Å². The fourth-order valence-electron chi connectivity index (χ4n) is 1.67. The predicted octanol–water partition coefficient (Wildman–Crippen LogP) is 3.62. The van der Waals surface area contributed by atoms with Gasteiger partial charge in [-0.15, -0.1) is 0 Å². The Bertz CT molecular complexity index is 641. The first kappa shape index (κ1) is 13.7. The minimum Gasteiger partial charge on any atom is -0.478 e. The molecule has 0 aliphatic carbocycles. The molecule has 0 unspecified atom stereocenters. The summed E-state index contributed by atoms with van der Waals surface area (Å²) in [5, 5.41) is 12.1. The summed E-state index contributed by atoms with van der Waals surface area (Å²) in [6.45, 7) is 2.05. The first-order chi connectivity index (χ1) is 8.97. The van der Waals surface area contributed by atoms with Crippen LogP contribution < -0.4 is 11.1 Å². The number of benzene rings is 2. The number of anilines is 3. The fourth-order valence-corrected chi connectivity index (χ4v) is 2.19. The molecule has 2 aromatic carbocycles. The molecule has 0 spiro atoms. The zero-order valence-electron chi connectivity index (χ0n) is 10.3. The molecule has 0 bridgehead atoms. The van der Waals surface area contributed by atoms with Crippen LogP contribution in [-0.4, -0.2) is 11.1 Å². The van der Waals surface area contributed by atoms with E-state index in [1.807, 2.05) is 25.1 Å². The Balaban J connectivity index is 2.26. The Morgan fingerprint density at radius 2 is 1.84 bits per heavy atom. The standard InChI is InChI=1S/C14H13IN2O2/c1-8-2-3-9(6-12(8)15)17-10-4-5-11(14(18)19)13(16)7-10/h2-7,17H,16H2,1H3,(H,18,19). The maximum Gasteiger partial charge on any atom is 0.337 e. The third kappa shape index (κ3) is 3.17. The summed E-state index contributed by atoms with van der Waals surface area (Å²) in [6.07, 6.45) is 0. The number of rotatable bonds is 3. The molecule has 4 N–H and O–H groups in total. The van der Waals surface area contributed by atoms with E-state index in [0.29, 0.717) is 0 Å². The number of nitrogens with two attached hydrogens (primary N) is 1. The van der Waals surface area contributed by atoms with E-state index in [4.69, 9.17) is 10.8 Å². The summed E-state index contributed by atoms with van der Waals surface area (Å²) < 4.78 is 1.16. The molecule has 0 amide bonds. The van der Waals surface area contributed by atoms with Crippen LogP contribution >= 0.6 is 22.6 Å². The highest BCUT2D eigenvalue weighted by Gasteiger charge is 2.08. The lowest BCUT2D eigenvalue weighted by Crippen LogP contribution is -2.03. The van der Waals surface area contributed by atoms with Gasteiger partial charge in [-0.2, -0.15) is 0 Å². The highest BCUT2D eigenvalue weighted by Crippen LogP contribution is 2.24. The molecule has 0 saturated carbocycles. The van der Waals surface area contributed by atoms with Gasteiger partial charge < -0.3 is 16.2 Å². The summed E-state index contributed by atoms with van der Waals surface area (Å²) in [5.74, 6) is -1.02. The Morgan fingerprint density at radius 1 is 1.21 bits per heavy atom. The van der Waals surface area contributed by atoms with Crippen molar-refractivity contribution in [2.45, 2.75) is 6.92 Å². The number of carbonyl (C=O) groups is 1. The number of aryl methyl sites for hydroxylation is 1. The summed E-state index contributed by atoms with van der Waals surface area (Å²) in [5.41, 5.74) is 8.99. The quantitative estimate of drug-likeness (QED) is 0.572. The smallest absolute Gasteiger partial charge is 0.337 e. The third-order valence-electron chi connectivity index (χ3n) is 2.74. The monoisotopic (exact) mass is 368 g/mol. The average molecular weight is 368 g/mol. The minimum atomic E-state index is -1.02. The maximum atomic E-state index is 10.9. The molecule has 98 valence electrons. The number of hydrogen-bond acceptors (Lipinski definition) is 3.